The number of aryl methyl sites for hydroxylation is 1. The maximum absolute atomic E-state index is 12.3. The monoisotopic (exact) mass is 277 g/mol. The second-order valence-electron chi connectivity index (χ2n) is 5.57. The molecular weight excluding hydrogens is 254 g/mol. The number of carbonyl (C=O) groups excluding carboxylic acids is 1. The van der Waals surface area contributed by atoms with E-state index in [4.69, 9.17) is 4.74 Å². The van der Waals surface area contributed by atoms with Crippen LogP contribution < -0.4 is 5.32 Å². The number of carbonyl (C=O) groups is 1. The van der Waals surface area contributed by atoms with Crippen LogP contribution in [0.4, 0.5) is 0 Å². The fourth-order valence-electron chi connectivity index (χ4n) is 2.56. The summed E-state index contributed by atoms with van der Waals surface area (Å²) < 4.78 is 5.49. The highest BCUT2D eigenvalue weighted by Crippen LogP contribution is 2.16. The zero-order valence-corrected chi connectivity index (χ0v) is 12.6. The molecule has 5 heteroatoms. The van der Waals surface area contributed by atoms with Crippen LogP contribution in [0.1, 0.15) is 29.9 Å². The number of nitrogens with one attached hydrogen (secondary N) is 1. The number of likely N-dealkylation sites (tertiary alicyclic amines) is 1. The Balaban J connectivity index is 2.05. The van der Waals surface area contributed by atoms with E-state index in [1.165, 1.54) is 0 Å². The summed E-state index contributed by atoms with van der Waals surface area (Å²) >= 11 is 0. The molecule has 1 saturated heterocycles. The van der Waals surface area contributed by atoms with Crippen molar-refractivity contribution in [3.05, 3.63) is 29.6 Å². The molecule has 2 heterocycles. The Morgan fingerprint density at radius 1 is 1.50 bits per heavy atom. The van der Waals surface area contributed by atoms with Crippen LogP contribution in [-0.2, 0) is 4.74 Å². The van der Waals surface area contributed by atoms with Crippen molar-refractivity contribution >= 4 is 5.91 Å². The predicted molar refractivity (Wildman–Crippen MR) is 77.7 cm³/mol. The number of amides is 1. The van der Waals surface area contributed by atoms with E-state index >= 15 is 0 Å². The topological polar surface area (TPSA) is 54.5 Å². The smallest absolute Gasteiger partial charge is 0.270 e. The third-order valence-electron chi connectivity index (χ3n) is 3.87. The fraction of sp³-hybridized carbons (Fsp3) is 0.600. The number of rotatable bonds is 4. The second kappa shape index (κ2) is 6.33. The van der Waals surface area contributed by atoms with E-state index in [9.17, 15) is 4.79 Å². The second-order valence-corrected chi connectivity index (χ2v) is 5.57. The first-order valence-corrected chi connectivity index (χ1v) is 7.02. The molecule has 0 aromatic carbocycles. The largest absolute Gasteiger partial charge is 0.378 e. The van der Waals surface area contributed by atoms with Gasteiger partial charge in [0, 0.05) is 32.4 Å². The van der Waals surface area contributed by atoms with Crippen LogP contribution in [-0.4, -0.2) is 54.2 Å². The van der Waals surface area contributed by atoms with E-state index in [0.29, 0.717) is 11.7 Å². The minimum atomic E-state index is -0.124. The van der Waals surface area contributed by atoms with Crippen molar-refractivity contribution in [3.8, 4) is 0 Å². The Morgan fingerprint density at radius 3 is 2.85 bits per heavy atom. The zero-order chi connectivity index (χ0) is 14.7. The lowest BCUT2D eigenvalue weighted by Crippen LogP contribution is -2.44. The maximum Gasteiger partial charge on any atom is 0.270 e. The molecule has 0 spiro atoms. The molecule has 0 saturated carbocycles. The Hall–Kier alpha value is -1.46. The number of ether oxygens (including phenoxy) is 1. The highest BCUT2D eigenvalue weighted by atomic mass is 16.5. The molecule has 110 valence electrons. The summed E-state index contributed by atoms with van der Waals surface area (Å²) in [6.07, 6.45) is 1.68. The van der Waals surface area contributed by atoms with Crippen molar-refractivity contribution in [2.45, 2.75) is 39.0 Å². The van der Waals surface area contributed by atoms with E-state index in [0.717, 1.165) is 18.7 Å². The molecule has 0 bridgehead atoms. The third kappa shape index (κ3) is 3.16. The standard InChI is InChI=1S/C15H23N3O2/c1-10(2)18-8-12(13(9-18)20-4)17-15(19)14-11(3)6-5-7-16-14/h5-7,10,12-13H,8-9H2,1-4H3,(H,17,19)/t12-,13-/m0/s1. The molecule has 20 heavy (non-hydrogen) atoms. The summed E-state index contributed by atoms with van der Waals surface area (Å²) in [5.41, 5.74) is 1.38. The van der Waals surface area contributed by atoms with Crippen molar-refractivity contribution in [3.63, 3.8) is 0 Å². The van der Waals surface area contributed by atoms with Crippen molar-refractivity contribution in [1.29, 1.82) is 0 Å². The van der Waals surface area contributed by atoms with Gasteiger partial charge in [0.15, 0.2) is 0 Å². The molecule has 1 aromatic rings. The van der Waals surface area contributed by atoms with Gasteiger partial charge in [-0.1, -0.05) is 6.07 Å². The van der Waals surface area contributed by atoms with Crippen LogP contribution in [0.5, 0.6) is 0 Å². The van der Waals surface area contributed by atoms with Gasteiger partial charge in [0.25, 0.3) is 5.91 Å². The van der Waals surface area contributed by atoms with Crippen LogP contribution in [0.25, 0.3) is 0 Å². The fourth-order valence-corrected chi connectivity index (χ4v) is 2.56. The average molecular weight is 277 g/mol. The van der Waals surface area contributed by atoms with Gasteiger partial charge in [-0.3, -0.25) is 14.7 Å². The minimum Gasteiger partial charge on any atom is -0.378 e. The molecule has 1 aromatic heterocycles. The highest BCUT2D eigenvalue weighted by Gasteiger charge is 2.35. The lowest BCUT2D eigenvalue weighted by Gasteiger charge is -2.20. The summed E-state index contributed by atoms with van der Waals surface area (Å²) in [7, 11) is 1.69. The van der Waals surface area contributed by atoms with Gasteiger partial charge in [-0.05, 0) is 32.4 Å². The van der Waals surface area contributed by atoms with E-state index in [2.05, 4.69) is 29.0 Å². The van der Waals surface area contributed by atoms with E-state index < -0.39 is 0 Å². The summed E-state index contributed by atoms with van der Waals surface area (Å²) in [4.78, 5) is 18.8. The molecular formula is C15H23N3O2. The molecule has 1 amide bonds. The molecule has 5 nitrogen and oxygen atoms in total. The first-order chi connectivity index (χ1) is 9.52. The molecule has 1 aliphatic heterocycles. The minimum absolute atomic E-state index is 0.0105. The van der Waals surface area contributed by atoms with Crippen molar-refractivity contribution in [2.75, 3.05) is 20.2 Å². The van der Waals surface area contributed by atoms with Gasteiger partial charge in [-0.25, -0.2) is 0 Å². The van der Waals surface area contributed by atoms with Crippen LogP contribution in [0.3, 0.4) is 0 Å². The molecule has 2 rings (SSSR count). The summed E-state index contributed by atoms with van der Waals surface area (Å²) in [6.45, 7) is 7.86. The average Bonchev–Trinajstić information content (AvgIpc) is 2.82. The Kier molecular flexibility index (Phi) is 4.73. The molecule has 1 N–H and O–H groups in total. The lowest BCUT2D eigenvalue weighted by molar-refractivity contribution is 0.0750. The molecule has 0 radical (unpaired) electrons. The Morgan fingerprint density at radius 2 is 2.25 bits per heavy atom. The van der Waals surface area contributed by atoms with Crippen LogP contribution in [0, 0.1) is 6.92 Å². The van der Waals surface area contributed by atoms with Crippen LogP contribution >= 0.6 is 0 Å². The lowest BCUT2D eigenvalue weighted by atomic mass is 10.1. The number of aromatic nitrogens is 1. The summed E-state index contributed by atoms with van der Waals surface area (Å²) in [5.74, 6) is -0.124. The maximum atomic E-state index is 12.3. The van der Waals surface area contributed by atoms with E-state index in [1.807, 2.05) is 19.1 Å². The highest BCUT2D eigenvalue weighted by molar-refractivity contribution is 5.93. The van der Waals surface area contributed by atoms with Gasteiger partial charge in [0.1, 0.15) is 5.69 Å². The quantitative estimate of drug-likeness (QED) is 0.899. The number of methoxy groups -OCH3 is 1. The molecule has 1 fully saturated rings. The van der Waals surface area contributed by atoms with E-state index in [1.54, 1.807) is 13.3 Å². The number of nitrogens with zero attached hydrogens (tertiary/aromatic N) is 2. The molecule has 2 atom stereocenters. The van der Waals surface area contributed by atoms with Gasteiger partial charge in [-0.15, -0.1) is 0 Å². The van der Waals surface area contributed by atoms with Crippen molar-refractivity contribution in [2.24, 2.45) is 0 Å². The molecule has 0 aliphatic carbocycles. The first kappa shape index (κ1) is 14.9. The normalized spacial score (nSPS) is 23.2. The SMILES string of the molecule is CO[C@H]1CN(C(C)C)C[C@@H]1NC(=O)c1ncccc1C. The zero-order valence-electron chi connectivity index (χ0n) is 12.6. The molecule has 1 aliphatic rings. The van der Waals surface area contributed by atoms with E-state index in [-0.39, 0.29) is 18.1 Å². The number of hydrogen-bond acceptors (Lipinski definition) is 4. The van der Waals surface area contributed by atoms with Gasteiger partial charge in [-0.2, -0.15) is 0 Å². The molecule has 0 unspecified atom stereocenters. The van der Waals surface area contributed by atoms with Gasteiger partial charge >= 0.3 is 0 Å². The van der Waals surface area contributed by atoms with Crippen LogP contribution in [0.2, 0.25) is 0 Å². The van der Waals surface area contributed by atoms with Crippen molar-refractivity contribution < 1.29 is 9.53 Å². The van der Waals surface area contributed by atoms with Gasteiger partial charge in [0.05, 0.1) is 12.1 Å². The third-order valence-corrected chi connectivity index (χ3v) is 3.87. The summed E-state index contributed by atoms with van der Waals surface area (Å²) in [6, 6.07) is 4.19. The number of pyridine rings is 1. The van der Waals surface area contributed by atoms with Crippen molar-refractivity contribution in [1.82, 2.24) is 15.2 Å². The Labute approximate surface area is 120 Å². The summed E-state index contributed by atoms with van der Waals surface area (Å²) in [5, 5.41) is 3.05. The van der Waals surface area contributed by atoms with Crippen LogP contribution in [0.15, 0.2) is 18.3 Å². The predicted octanol–water partition coefficient (Wildman–Crippen LogP) is 1.23. The van der Waals surface area contributed by atoms with Gasteiger partial charge in [0.2, 0.25) is 0 Å². The van der Waals surface area contributed by atoms with Gasteiger partial charge < -0.3 is 10.1 Å². The Bertz CT molecular complexity index is 476. The number of hydrogen-bond donors (Lipinski definition) is 1. The first-order valence-electron chi connectivity index (χ1n) is 7.02.